The van der Waals surface area contributed by atoms with Gasteiger partial charge in [-0.25, -0.2) is 4.39 Å². The zero-order valence-corrected chi connectivity index (χ0v) is 13.8. The molecule has 128 valence electrons. The number of nitrogens with zero attached hydrogens (tertiary/aromatic N) is 2. The number of benzene rings is 1. The molecule has 1 aliphatic rings. The molecule has 2 aromatic rings. The predicted molar refractivity (Wildman–Crippen MR) is 90.4 cm³/mol. The largest absolute Gasteiger partial charge is 0.503 e. The summed E-state index contributed by atoms with van der Waals surface area (Å²) in [6, 6.07) is 7.99. The maximum atomic E-state index is 13.7. The minimum atomic E-state index is -0.827. The number of aliphatic hydroxyl groups is 1. The highest BCUT2D eigenvalue weighted by molar-refractivity contribution is 6.16. The maximum Gasteiger partial charge on any atom is 0.294 e. The van der Waals surface area contributed by atoms with Crippen molar-refractivity contribution in [2.45, 2.75) is 19.9 Å². The fourth-order valence-electron chi connectivity index (χ4n) is 2.92. The second kappa shape index (κ2) is 6.47. The molecule has 0 aliphatic carbocycles. The van der Waals surface area contributed by atoms with Crippen LogP contribution >= 0.6 is 0 Å². The number of anilines is 1. The highest BCUT2D eigenvalue weighted by atomic mass is 19.1. The average molecular weight is 340 g/mol. The van der Waals surface area contributed by atoms with Crippen LogP contribution in [0, 0.1) is 11.7 Å². The zero-order chi connectivity index (χ0) is 18.1. The van der Waals surface area contributed by atoms with Gasteiger partial charge in [-0.15, -0.1) is 0 Å². The highest BCUT2D eigenvalue weighted by Crippen LogP contribution is 2.41. The minimum absolute atomic E-state index is 0.0236. The minimum Gasteiger partial charge on any atom is -0.503 e. The monoisotopic (exact) mass is 340 g/mol. The number of hydrogen-bond donors (Lipinski definition) is 1. The Morgan fingerprint density at radius 3 is 2.52 bits per heavy atom. The Kier molecular flexibility index (Phi) is 4.35. The Balaban J connectivity index is 2.19. The van der Waals surface area contributed by atoms with E-state index >= 15 is 0 Å². The molecule has 5 nitrogen and oxygen atoms in total. The zero-order valence-electron chi connectivity index (χ0n) is 13.8. The van der Waals surface area contributed by atoms with E-state index in [2.05, 4.69) is 4.98 Å². The number of amides is 1. The molecule has 6 heteroatoms. The maximum absolute atomic E-state index is 13.7. The van der Waals surface area contributed by atoms with Crippen LogP contribution in [0.2, 0.25) is 0 Å². The molecule has 1 atom stereocenters. The van der Waals surface area contributed by atoms with E-state index in [0.29, 0.717) is 5.56 Å². The summed E-state index contributed by atoms with van der Waals surface area (Å²) in [5.74, 6) is -2.56. The molecule has 1 aromatic heterocycles. The fourth-order valence-corrected chi connectivity index (χ4v) is 2.92. The van der Waals surface area contributed by atoms with Crippen LogP contribution in [-0.2, 0) is 9.59 Å². The molecule has 3 rings (SSSR count). The van der Waals surface area contributed by atoms with Crippen molar-refractivity contribution in [3.05, 3.63) is 71.5 Å². The molecule has 1 aliphatic heterocycles. The van der Waals surface area contributed by atoms with E-state index in [1.54, 1.807) is 32.0 Å². The molecule has 25 heavy (non-hydrogen) atoms. The molecule has 0 fully saturated rings. The van der Waals surface area contributed by atoms with Crippen LogP contribution in [0.15, 0.2) is 60.1 Å². The van der Waals surface area contributed by atoms with Crippen molar-refractivity contribution >= 4 is 17.4 Å². The van der Waals surface area contributed by atoms with Crippen LogP contribution in [0.1, 0.15) is 25.5 Å². The van der Waals surface area contributed by atoms with Gasteiger partial charge in [0.15, 0.2) is 11.5 Å². The molecule has 1 N–H and O–H groups in total. The first-order valence-corrected chi connectivity index (χ1v) is 7.88. The first-order valence-electron chi connectivity index (χ1n) is 7.88. The topological polar surface area (TPSA) is 70.5 Å². The average Bonchev–Trinajstić information content (AvgIpc) is 2.86. The molecule has 2 heterocycles. The van der Waals surface area contributed by atoms with Crippen LogP contribution in [0.3, 0.4) is 0 Å². The van der Waals surface area contributed by atoms with E-state index in [-0.39, 0.29) is 17.0 Å². The summed E-state index contributed by atoms with van der Waals surface area (Å²) >= 11 is 0. The first kappa shape index (κ1) is 16.8. The Labute approximate surface area is 144 Å². The van der Waals surface area contributed by atoms with Gasteiger partial charge in [0.1, 0.15) is 5.82 Å². The van der Waals surface area contributed by atoms with E-state index < -0.39 is 29.4 Å². The van der Waals surface area contributed by atoms with E-state index in [0.717, 1.165) is 0 Å². The lowest BCUT2D eigenvalue weighted by atomic mass is 9.91. The van der Waals surface area contributed by atoms with Gasteiger partial charge in [0, 0.05) is 24.0 Å². The van der Waals surface area contributed by atoms with Gasteiger partial charge in [0.2, 0.25) is 0 Å². The smallest absolute Gasteiger partial charge is 0.294 e. The normalized spacial score (nSPS) is 17.5. The number of rotatable bonds is 4. The Morgan fingerprint density at radius 1 is 1.24 bits per heavy atom. The van der Waals surface area contributed by atoms with E-state index in [4.69, 9.17) is 0 Å². The van der Waals surface area contributed by atoms with Crippen molar-refractivity contribution < 1.29 is 19.1 Å². The van der Waals surface area contributed by atoms with Crippen LogP contribution in [-0.4, -0.2) is 21.8 Å². The fraction of sp³-hybridized carbons (Fsp3) is 0.211. The van der Waals surface area contributed by atoms with Gasteiger partial charge in [0.05, 0.1) is 11.6 Å². The lowest BCUT2D eigenvalue weighted by molar-refractivity contribution is -0.119. The second-order valence-corrected chi connectivity index (χ2v) is 6.12. The van der Waals surface area contributed by atoms with E-state index in [9.17, 15) is 19.1 Å². The second-order valence-electron chi connectivity index (χ2n) is 6.12. The number of ketones is 1. The highest BCUT2D eigenvalue weighted by Gasteiger charge is 2.44. The summed E-state index contributed by atoms with van der Waals surface area (Å²) < 4.78 is 13.7. The van der Waals surface area contributed by atoms with Crippen LogP contribution < -0.4 is 4.90 Å². The Bertz CT molecular complexity index is 862. The van der Waals surface area contributed by atoms with Gasteiger partial charge in [-0.05, 0) is 35.9 Å². The molecule has 0 radical (unpaired) electrons. The summed E-state index contributed by atoms with van der Waals surface area (Å²) in [6.45, 7) is 3.39. The summed E-state index contributed by atoms with van der Waals surface area (Å²) in [7, 11) is 0. The van der Waals surface area contributed by atoms with Crippen molar-refractivity contribution in [3.8, 4) is 0 Å². The SMILES string of the molecule is CC(C)C(=O)C1=C(O)C(=O)N(c2cccc(F)c2)C1c1ccncc1. The van der Waals surface area contributed by atoms with E-state index in [1.165, 1.54) is 35.5 Å². The third-order valence-corrected chi connectivity index (χ3v) is 4.11. The van der Waals surface area contributed by atoms with Crippen LogP contribution in [0.5, 0.6) is 0 Å². The Morgan fingerprint density at radius 2 is 1.92 bits per heavy atom. The number of halogens is 1. The molecule has 0 saturated carbocycles. The molecule has 1 unspecified atom stereocenters. The van der Waals surface area contributed by atoms with Crippen molar-refractivity contribution in [1.82, 2.24) is 4.98 Å². The number of Topliss-reactive ketones (excluding diaryl/α,β-unsaturated/α-hetero) is 1. The lowest BCUT2D eigenvalue weighted by Gasteiger charge is -2.27. The van der Waals surface area contributed by atoms with Crippen molar-refractivity contribution in [2.24, 2.45) is 5.92 Å². The van der Waals surface area contributed by atoms with Crippen molar-refractivity contribution in [1.29, 1.82) is 0 Å². The van der Waals surface area contributed by atoms with Crippen molar-refractivity contribution in [2.75, 3.05) is 4.90 Å². The summed E-state index contributed by atoms with van der Waals surface area (Å²) in [5.41, 5.74) is 0.904. The van der Waals surface area contributed by atoms with Gasteiger partial charge < -0.3 is 5.11 Å². The molecule has 0 saturated heterocycles. The molecule has 0 bridgehead atoms. The van der Waals surface area contributed by atoms with Gasteiger partial charge in [-0.3, -0.25) is 19.5 Å². The van der Waals surface area contributed by atoms with Crippen molar-refractivity contribution in [3.63, 3.8) is 0 Å². The molecule has 1 aromatic carbocycles. The molecule has 1 amide bonds. The molecular weight excluding hydrogens is 323 g/mol. The third-order valence-electron chi connectivity index (χ3n) is 4.11. The van der Waals surface area contributed by atoms with Gasteiger partial charge in [-0.2, -0.15) is 0 Å². The number of aliphatic hydroxyl groups excluding tert-OH is 1. The standard InChI is InChI=1S/C19H17FN2O3/c1-11(2)17(23)15-16(12-6-8-21-9-7-12)22(19(25)18(15)24)14-5-3-4-13(20)10-14/h3-11,16,24H,1-2H3. The van der Waals surface area contributed by atoms with Crippen LogP contribution in [0.25, 0.3) is 0 Å². The third kappa shape index (κ3) is 2.91. The first-order chi connectivity index (χ1) is 11.9. The summed E-state index contributed by atoms with van der Waals surface area (Å²) in [4.78, 5) is 30.5. The van der Waals surface area contributed by atoms with Gasteiger partial charge >= 0.3 is 0 Å². The van der Waals surface area contributed by atoms with Gasteiger partial charge in [-0.1, -0.05) is 19.9 Å². The number of aromatic nitrogens is 1. The molecule has 0 spiro atoms. The molecular formula is C19H17FN2O3. The quantitative estimate of drug-likeness (QED) is 0.927. The number of pyridine rings is 1. The lowest BCUT2D eigenvalue weighted by Crippen LogP contribution is -2.31. The number of hydrogen-bond acceptors (Lipinski definition) is 4. The van der Waals surface area contributed by atoms with Gasteiger partial charge in [0.25, 0.3) is 5.91 Å². The predicted octanol–water partition coefficient (Wildman–Crippen LogP) is 3.35. The number of carbonyl (C=O) groups is 2. The number of carbonyl (C=O) groups excluding carboxylic acids is 2. The van der Waals surface area contributed by atoms with E-state index in [1.807, 2.05) is 0 Å². The van der Waals surface area contributed by atoms with Crippen LogP contribution in [0.4, 0.5) is 10.1 Å². The Hall–Kier alpha value is -3.02. The summed E-state index contributed by atoms with van der Waals surface area (Å²) in [5, 5.41) is 10.4. The summed E-state index contributed by atoms with van der Waals surface area (Å²) in [6.07, 6.45) is 3.08.